The van der Waals surface area contributed by atoms with Crippen LogP contribution >= 0.6 is 0 Å². The summed E-state index contributed by atoms with van der Waals surface area (Å²) in [6, 6.07) is 2.42. The molecule has 6 nitrogen and oxygen atoms in total. The Bertz CT molecular complexity index is 765. The number of carbonyl (C=O) groups excluding carboxylic acids is 2. The van der Waals surface area contributed by atoms with E-state index in [0.29, 0.717) is 5.82 Å². The quantitative estimate of drug-likeness (QED) is 0.734. The molecule has 0 aliphatic heterocycles. The highest BCUT2D eigenvalue weighted by Gasteiger charge is 2.40. The largest absolute Gasteiger partial charge is 0.444 e. The average molecular weight is 409 g/mol. The molecule has 0 spiro atoms. The van der Waals surface area contributed by atoms with Gasteiger partial charge in [-0.25, -0.2) is 18.6 Å². The number of anilines is 1. The Hall–Kier alpha value is -2.51. The van der Waals surface area contributed by atoms with Crippen molar-refractivity contribution in [1.82, 2.24) is 10.3 Å². The van der Waals surface area contributed by atoms with Gasteiger partial charge < -0.3 is 15.4 Å². The van der Waals surface area contributed by atoms with Gasteiger partial charge in [0.25, 0.3) is 0 Å². The first-order chi connectivity index (χ1) is 13.4. The average Bonchev–Trinajstić information content (AvgIpc) is 2.58. The number of alkyl carbamates (subject to hydrolysis) is 1. The molecule has 0 unspecified atom stereocenters. The van der Waals surface area contributed by atoms with Gasteiger partial charge in [0.15, 0.2) is 0 Å². The number of aromatic nitrogens is 1. The van der Waals surface area contributed by atoms with E-state index in [-0.39, 0.29) is 25.7 Å². The van der Waals surface area contributed by atoms with Crippen LogP contribution < -0.4 is 10.6 Å². The molecule has 1 atom stereocenters. The summed E-state index contributed by atoms with van der Waals surface area (Å²) in [5.74, 6) is -3.38. The van der Waals surface area contributed by atoms with Crippen LogP contribution in [0.2, 0.25) is 0 Å². The van der Waals surface area contributed by atoms with Crippen molar-refractivity contribution in [3.8, 4) is 0 Å². The number of ether oxygens (including phenoxy) is 1. The van der Waals surface area contributed by atoms with E-state index in [1.54, 1.807) is 32.9 Å². The Morgan fingerprint density at radius 2 is 1.93 bits per heavy atom. The maximum atomic E-state index is 13.6. The van der Waals surface area contributed by atoms with Crippen molar-refractivity contribution in [2.75, 3.05) is 5.32 Å². The lowest BCUT2D eigenvalue weighted by molar-refractivity contribution is -0.121. The van der Waals surface area contributed by atoms with Crippen molar-refractivity contribution in [3.63, 3.8) is 0 Å². The molecule has 2 rings (SSSR count). The van der Waals surface area contributed by atoms with Crippen molar-refractivity contribution in [1.29, 1.82) is 0 Å². The number of nitrogens with zero attached hydrogens (tertiary/aromatic N) is 1. The minimum Gasteiger partial charge on any atom is -0.444 e. The monoisotopic (exact) mass is 409 g/mol. The van der Waals surface area contributed by atoms with E-state index < -0.39 is 35.5 Å². The van der Waals surface area contributed by atoms with Gasteiger partial charge in [-0.05, 0) is 64.2 Å². The number of halogens is 2. The van der Waals surface area contributed by atoms with Crippen molar-refractivity contribution in [3.05, 3.63) is 30.5 Å². The predicted molar refractivity (Wildman–Crippen MR) is 108 cm³/mol. The summed E-state index contributed by atoms with van der Waals surface area (Å²) in [6.07, 6.45) is 0.387. The van der Waals surface area contributed by atoms with E-state index >= 15 is 0 Å². The predicted octanol–water partition coefficient (Wildman–Crippen LogP) is 4.77. The van der Waals surface area contributed by atoms with Gasteiger partial charge >= 0.3 is 6.09 Å². The van der Waals surface area contributed by atoms with Crippen LogP contribution in [-0.2, 0) is 9.53 Å². The van der Waals surface area contributed by atoms with Crippen LogP contribution in [0.15, 0.2) is 24.9 Å². The normalized spacial score (nSPS) is 17.9. The van der Waals surface area contributed by atoms with Crippen LogP contribution in [0, 0.1) is 5.92 Å². The van der Waals surface area contributed by atoms with Gasteiger partial charge in [0.1, 0.15) is 17.5 Å². The maximum absolute atomic E-state index is 13.6. The molecule has 1 aliphatic carbocycles. The van der Waals surface area contributed by atoms with Crippen LogP contribution in [-0.4, -0.2) is 34.5 Å². The summed E-state index contributed by atoms with van der Waals surface area (Å²) in [4.78, 5) is 29.3. The van der Waals surface area contributed by atoms with E-state index in [4.69, 9.17) is 4.74 Å². The van der Waals surface area contributed by atoms with Gasteiger partial charge in [-0.3, -0.25) is 4.79 Å². The zero-order valence-corrected chi connectivity index (χ0v) is 17.4. The third-order valence-corrected chi connectivity index (χ3v) is 4.69. The fourth-order valence-electron chi connectivity index (χ4n) is 3.20. The number of hydrogen-bond donors (Lipinski definition) is 2. The molecular formula is C21H29F2N3O3. The first kappa shape index (κ1) is 22.8. The minimum absolute atomic E-state index is 0.125. The molecule has 1 aromatic rings. The standard InChI is InChI=1S/C21H29F2N3O3/c1-13(2)15-8-11-24-16(12-15)25-18(27)17(26-19(28)29-20(3,4)5)14-6-9-21(22,23)10-7-14/h8,11-12,14,17H,1,6-7,9-10H2,2-5H3,(H,26,28)(H,24,25,27)/t17-/m0/s1. The van der Waals surface area contributed by atoms with Crippen molar-refractivity contribution < 1.29 is 23.1 Å². The number of hydrogen-bond acceptors (Lipinski definition) is 4. The van der Waals surface area contributed by atoms with Crippen LogP contribution in [0.1, 0.15) is 58.9 Å². The van der Waals surface area contributed by atoms with Gasteiger partial charge in [-0.15, -0.1) is 0 Å². The molecule has 1 fully saturated rings. The summed E-state index contributed by atoms with van der Waals surface area (Å²) < 4.78 is 32.4. The first-order valence-electron chi connectivity index (χ1n) is 9.66. The Morgan fingerprint density at radius 1 is 1.31 bits per heavy atom. The van der Waals surface area contributed by atoms with E-state index in [9.17, 15) is 18.4 Å². The molecule has 8 heteroatoms. The second-order valence-corrected chi connectivity index (χ2v) is 8.52. The van der Waals surface area contributed by atoms with Crippen molar-refractivity contribution >= 4 is 23.4 Å². The van der Waals surface area contributed by atoms with Crippen LogP contribution in [0.4, 0.5) is 19.4 Å². The molecule has 1 heterocycles. The summed E-state index contributed by atoms with van der Waals surface area (Å²) >= 11 is 0. The van der Waals surface area contributed by atoms with Crippen LogP contribution in [0.3, 0.4) is 0 Å². The van der Waals surface area contributed by atoms with Crippen LogP contribution in [0.5, 0.6) is 0 Å². The highest BCUT2D eigenvalue weighted by atomic mass is 19.3. The minimum atomic E-state index is -2.74. The molecule has 0 saturated heterocycles. The first-order valence-corrected chi connectivity index (χ1v) is 9.66. The molecule has 160 valence electrons. The SMILES string of the molecule is C=C(C)c1ccnc(NC(=O)[C@@H](NC(=O)OC(C)(C)C)C2CCC(F)(F)CC2)c1. The van der Waals surface area contributed by atoms with Crippen LogP contribution in [0.25, 0.3) is 5.57 Å². The van der Waals surface area contributed by atoms with Gasteiger partial charge in [-0.1, -0.05) is 12.2 Å². The van der Waals surface area contributed by atoms with Crippen molar-refractivity contribution in [2.45, 2.75) is 70.9 Å². The van der Waals surface area contributed by atoms with Crippen molar-refractivity contribution in [2.24, 2.45) is 5.92 Å². The highest BCUT2D eigenvalue weighted by Crippen LogP contribution is 2.37. The third-order valence-electron chi connectivity index (χ3n) is 4.69. The Kier molecular flexibility index (Phi) is 6.97. The Labute approximate surface area is 170 Å². The molecule has 0 radical (unpaired) electrons. The van der Waals surface area contributed by atoms with Gasteiger partial charge in [0.05, 0.1) is 0 Å². The fourth-order valence-corrected chi connectivity index (χ4v) is 3.20. The second-order valence-electron chi connectivity index (χ2n) is 8.52. The Morgan fingerprint density at radius 3 is 2.48 bits per heavy atom. The lowest BCUT2D eigenvalue weighted by Gasteiger charge is -2.33. The van der Waals surface area contributed by atoms with Gasteiger partial charge in [0.2, 0.25) is 11.8 Å². The second kappa shape index (κ2) is 8.88. The number of allylic oxidation sites excluding steroid dienone is 1. The number of nitrogens with one attached hydrogen (secondary N) is 2. The number of alkyl halides is 2. The van der Waals surface area contributed by atoms with E-state index in [1.807, 2.05) is 6.92 Å². The molecule has 1 aromatic heterocycles. The molecule has 2 amide bonds. The zero-order chi connectivity index (χ0) is 21.8. The van der Waals surface area contributed by atoms with E-state index in [1.165, 1.54) is 6.20 Å². The molecule has 2 N–H and O–H groups in total. The zero-order valence-electron chi connectivity index (χ0n) is 17.4. The van der Waals surface area contributed by atoms with E-state index in [0.717, 1.165) is 11.1 Å². The molecule has 1 aliphatic rings. The van der Waals surface area contributed by atoms with Gasteiger partial charge in [-0.2, -0.15) is 0 Å². The fraction of sp³-hybridized carbons (Fsp3) is 0.571. The maximum Gasteiger partial charge on any atom is 0.408 e. The van der Waals surface area contributed by atoms with Gasteiger partial charge in [0, 0.05) is 19.0 Å². The number of rotatable bonds is 5. The molecule has 0 bridgehead atoms. The number of amides is 2. The lowest BCUT2D eigenvalue weighted by atomic mass is 9.81. The molecule has 1 saturated carbocycles. The Balaban J connectivity index is 2.17. The smallest absolute Gasteiger partial charge is 0.408 e. The summed E-state index contributed by atoms with van der Waals surface area (Å²) in [5, 5.41) is 5.24. The number of carbonyl (C=O) groups is 2. The summed E-state index contributed by atoms with van der Waals surface area (Å²) in [5.41, 5.74) is 0.868. The lowest BCUT2D eigenvalue weighted by Crippen LogP contribution is -2.51. The third kappa shape index (κ3) is 7.11. The molecular weight excluding hydrogens is 380 g/mol. The molecule has 0 aromatic carbocycles. The summed E-state index contributed by atoms with van der Waals surface area (Å²) in [6.45, 7) is 10.8. The molecule has 29 heavy (non-hydrogen) atoms. The topological polar surface area (TPSA) is 80.3 Å². The van der Waals surface area contributed by atoms with E-state index in [2.05, 4.69) is 22.2 Å². The highest BCUT2D eigenvalue weighted by molar-refractivity contribution is 5.96. The summed E-state index contributed by atoms with van der Waals surface area (Å²) in [7, 11) is 0. The number of pyridine rings is 1.